The lowest BCUT2D eigenvalue weighted by molar-refractivity contribution is 0.0950. The Morgan fingerprint density at radius 2 is 1.84 bits per heavy atom. The molecule has 0 aliphatic rings. The molecule has 2 heterocycles. The first-order valence-electron chi connectivity index (χ1n) is 9.98. The number of hydrazone groups is 1. The molecule has 0 spiro atoms. The number of nitrogens with zero attached hydrogens (tertiary/aromatic N) is 6. The Labute approximate surface area is 184 Å². The maximum atomic E-state index is 12.9. The number of hydrogen-bond donors (Lipinski definition) is 2. The number of carbonyl (C=O) groups is 1. The maximum absolute atomic E-state index is 12.9. The highest BCUT2D eigenvalue weighted by atomic mass is 16.6. The molecule has 0 aliphatic carbocycles. The van der Waals surface area contributed by atoms with E-state index in [4.69, 9.17) is 5.73 Å². The van der Waals surface area contributed by atoms with Crippen molar-refractivity contribution in [3.8, 4) is 17.1 Å². The molecule has 0 atom stereocenters. The van der Waals surface area contributed by atoms with Crippen LogP contribution in [0.4, 0.5) is 5.82 Å². The first kappa shape index (κ1) is 20.9. The van der Waals surface area contributed by atoms with E-state index in [9.17, 15) is 4.79 Å². The summed E-state index contributed by atoms with van der Waals surface area (Å²) in [5.74, 6) is 0.0771. The Morgan fingerprint density at radius 1 is 1.12 bits per heavy atom. The van der Waals surface area contributed by atoms with Gasteiger partial charge >= 0.3 is 0 Å². The Kier molecular flexibility index (Phi) is 5.75. The molecule has 32 heavy (non-hydrogen) atoms. The van der Waals surface area contributed by atoms with Crippen molar-refractivity contribution in [2.24, 2.45) is 5.10 Å². The monoisotopic (exact) mass is 430 g/mol. The molecule has 0 radical (unpaired) electrons. The van der Waals surface area contributed by atoms with E-state index in [0.29, 0.717) is 17.2 Å². The number of nitrogens with two attached hydrogens (primary N) is 1. The molecule has 2 aromatic heterocycles. The zero-order valence-corrected chi connectivity index (χ0v) is 17.9. The summed E-state index contributed by atoms with van der Waals surface area (Å²) in [7, 11) is 0. The molecule has 0 saturated heterocycles. The van der Waals surface area contributed by atoms with Gasteiger partial charge in [-0.1, -0.05) is 73.2 Å². The number of carbonyl (C=O) groups excluding carboxylic acids is 1. The van der Waals surface area contributed by atoms with Gasteiger partial charge in [0.1, 0.15) is 5.69 Å². The lowest BCUT2D eigenvalue weighted by Gasteiger charge is -2.06. The van der Waals surface area contributed by atoms with Gasteiger partial charge in [-0.2, -0.15) is 9.78 Å². The van der Waals surface area contributed by atoms with Crippen molar-refractivity contribution in [1.29, 1.82) is 0 Å². The first-order valence-corrected chi connectivity index (χ1v) is 9.98. The highest BCUT2D eigenvalue weighted by Gasteiger charge is 2.25. The average molecular weight is 430 g/mol. The van der Waals surface area contributed by atoms with Crippen molar-refractivity contribution in [2.75, 3.05) is 5.73 Å². The van der Waals surface area contributed by atoms with E-state index in [2.05, 4.69) is 49.6 Å². The molecule has 2 aromatic carbocycles. The van der Waals surface area contributed by atoms with Gasteiger partial charge in [0.25, 0.3) is 5.91 Å². The fourth-order valence-corrected chi connectivity index (χ4v) is 3.08. The lowest BCUT2D eigenvalue weighted by Crippen LogP contribution is -2.19. The number of anilines is 1. The van der Waals surface area contributed by atoms with Gasteiger partial charge in [0.15, 0.2) is 5.69 Å². The fourth-order valence-electron chi connectivity index (χ4n) is 3.08. The summed E-state index contributed by atoms with van der Waals surface area (Å²) < 4.78 is 6.00. The number of aromatic nitrogens is 5. The summed E-state index contributed by atoms with van der Waals surface area (Å²) in [5.41, 5.74) is 12.6. The number of nitrogen functional groups attached to an aromatic ring is 1. The number of hydrogen-bond acceptors (Lipinski definition) is 8. The first-order chi connectivity index (χ1) is 15.4. The molecule has 162 valence electrons. The second-order valence-electron chi connectivity index (χ2n) is 7.56. The van der Waals surface area contributed by atoms with Crippen molar-refractivity contribution in [3.63, 3.8) is 0 Å². The van der Waals surface area contributed by atoms with Crippen LogP contribution in [0.25, 0.3) is 17.1 Å². The highest BCUT2D eigenvalue weighted by Crippen LogP contribution is 2.26. The van der Waals surface area contributed by atoms with Crippen LogP contribution in [0.2, 0.25) is 0 Å². The Bertz CT molecular complexity index is 1250. The van der Waals surface area contributed by atoms with Crippen LogP contribution in [0.1, 0.15) is 46.9 Å². The molecule has 0 aliphatic heterocycles. The normalized spacial score (nSPS) is 11.4. The smallest absolute Gasteiger partial charge is 0.294 e. The molecule has 0 fully saturated rings. The summed E-state index contributed by atoms with van der Waals surface area (Å²) in [6, 6.07) is 15.5. The minimum absolute atomic E-state index is 0.0260. The molecule has 4 rings (SSSR count). The topological polar surface area (TPSA) is 137 Å². The van der Waals surface area contributed by atoms with E-state index in [1.54, 1.807) is 6.21 Å². The summed E-state index contributed by atoms with van der Waals surface area (Å²) in [6.07, 6.45) is 1.57. The van der Waals surface area contributed by atoms with Crippen LogP contribution in [0, 0.1) is 6.92 Å². The Morgan fingerprint density at radius 3 is 2.47 bits per heavy atom. The number of rotatable bonds is 6. The second kappa shape index (κ2) is 8.80. The van der Waals surface area contributed by atoms with Crippen molar-refractivity contribution in [2.45, 2.75) is 26.7 Å². The van der Waals surface area contributed by atoms with Gasteiger partial charge in [0.2, 0.25) is 11.6 Å². The lowest BCUT2D eigenvalue weighted by atomic mass is 10.0. The fraction of sp³-hybridized carbons (Fsp3) is 0.182. The van der Waals surface area contributed by atoms with Crippen LogP contribution in [-0.4, -0.2) is 37.4 Å². The van der Waals surface area contributed by atoms with Crippen LogP contribution in [0.3, 0.4) is 0 Å². The molecule has 3 N–H and O–H groups in total. The minimum Gasteiger partial charge on any atom is -0.378 e. The summed E-state index contributed by atoms with van der Waals surface area (Å²) >= 11 is 0. The van der Waals surface area contributed by atoms with Crippen molar-refractivity contribution >= 4 is 17.9 Å². The molecule has 10 nitrogen and oxygen atoms in total. The summed E-state index contributed by atoms with van der Waals surface area (Å²) in [6.45, 7) is 6.23. The summed E-state index contributed by atoms with van der Waals surface area (Å²) in [5, 5.41) is 19.5. The Hall–Kier alpha value is -4.34. The van der Waals surface area contributed by atoms with Gasteiger partial charge < -0.3 is 5.73 Å². The minimum atomic E-state index is -0.531. The molecular formula is C22H22N8O2. The second-order valence-corrected chi connectivity index (χ2v) is 7.56. The molecule has 0 unspecified atom stereocenters. The van der Waals surface area contributed by atoms with E-state index in [1.165, 1.54) is 10.2 Å². The number of benzene rings is 2. The number of nitrogens with one attached hydrogen (secondary N) is 1. The molecule has 4 aromatic rings. The van der Waals surface area contributed by atoms with Gasteiger partial charge in [-0.25, -0.2) is 10.1 Å². The van der Waals surface area contributed by atoms with Crippen LogP contribution in [-0.2, 0) is 0 Å². The predicted molar refractivity (Wildman–Crippen MR) is 119 cm³/mol. The van der Waals surface area contributed by atoms with Gasteiger partial charge in [0.05, 0.1) is 6.21 Å². The third-order valence-electron chi connectivity index (χ3n) is 4.89. The largest absolute Gasteiger partial charge is 0.378 e. The van der Waals surface area contributed by atoms with Crippen LogP contribution in [0.15, 0.2) is 58.3 Å². The predicted octanol–water partition coefficient (Wildman–Crippen LogP) is 3.10. The van der Waals surface area contributed by atoms with E-state index in [-0.39, 0.29) is 17.3 Å². The molecule has 10 heteroatoms. The van der Waals surface area contributed by atoms with Crippen LogP contribution >= 0.6 is 0 Å². The molecule has 0 bridgehead atoms. The average Bonchev–Trinajstić information content (AvgIpc) is 3.40. The standard InChI is InChI=1S/C22H22N8O2/c1-13(2)16-10-6-15(7-11-16)12-24-26-22(31)18-19(17-8-4-14(3)5-9-17)30(29-25-18)21-20(23)27-32-28-21/h4-13H,1-3H3,(H2,23,27)(H,26,31). The molecule has 0 saturated carbocycles. The van der Waals surface area contributed by atoms with Crippen LogP contribution < -0.4 is 11.2 Å². The zero-order chi connectivity index (χ0) is 22.7. The third kappa shape index (κ3) is 4.24. The van der Waals surface area contributed by atoms with Crippen molar-refractivity contribution in [1.82, 2.24) is 30.7 Å². The maximum Gasteiger partial charge on any atom is 0.294 e. The highest BCUT2D eigenvalue weighted by molar-refractivity contribution is 5.98. The quantitative estimate of drug-likeness (QED) is 0.354. The summed E-state index contributed by atoms with van der Waals surface area (Å²) in [4.78, 5) is 12.9. The van der Waals surface area contributed by atoms with Gasteiger partial charge in [-0.15, -0.1) is 5.10 Å². The molecular weight excluding hydrogens is 408 g/mol. The van der Waals surface area contributed by atoms with Crippen molar-refractivity contribution in [3.05, 3.63) is 70.9 Å². The van der Waals surface area contributed by atoms with E-state index in [0.717, 1.165) is 11.1 Å². The zero-order valence-electron chi connectivity index (χ0n) is 17.9. The van der Waals surface area contributed by atoms with Crippen molar-refractivity contribution < 1.29 is 9.42 Å². The third-order valence-corrected chi connectivity index (χ3v) is 4.89. The Balaban J connectivity index is 1.62. The number of amides is 1. The number of aryl methyl sites for hydroxylation is 1. The van der Waals surface area contributed by atoms with E-state index in [1.807, 2.05) is 55.5 Å². The van der Waals surface area contributed by atoms with Crippen LogP contribution in [0.5, 0.6) is 0 Å². The van der Waals surface area contributed by atoms with E-state index < -0.39 is 5.91 Å². The SMILES string of the molecule is Cc1ccc(-c2c(C(=O)NN=Cc3ccc(C(C)C)cc3)nnn2-c2nonc2N)cc1. The van der Waals surface area contributed by atoms with Gasteiger partial charge in [-0.3, -0.25) is 4.79 Å². The molecule has 1 amide bonds. The van der Waals surface area contributed by atoms with Gasteiger partial charge in [-0.05, 0) is 34.3 Å². The van der Waals surface area contributed by atoms with E-state index >= 15 is 0 Å². The van der Waals surface area contributed by atoms with Gasteiger partial charge in [0, 0.05) is 5.56 Å².